The molecule has 186 valence electrons. The molecule has 11 heteroatoms. The number of halogens is 1. The van der Waals surface area contributed by atoms with Crippen molar-refractivity contribution in [3.05, 3.63) is 76.3 Å². The van der Waals surface area contributed by atoms with Crippen molar-refractivity contribution in [2.75, 3.05) is 26.6 Å². The van der Waals surface area contributed by atoms with Crippen LogP contribution in [0, 0.1) is 0 Å². The number of nitrogens with zero attached hydrogens (tertiary/aromatic N) is 1. The molecule has 10 nitrogen and oxygen atoms in total. The third-order valence-electron chi connectivity index (χ3n) is 4.72. The molecule has 3 rings (SSSR count). The number of carbonyl (C=O) groups excluding carboxylic acids is 3. The van der Waals surface area contributed by atoms with Gasteiger partial charge in [-0.15, -0.1) is 0 Å². The summed E-state index contributed by atoms with van der Waals surface area (Å²) in [5.74, 6) is -1.21. The maximum Gasteiger partial charge on any atom is 0.344 e. The SMILES string of the molecule is COc1ccc(OC)c(NC(=O)C(=O)N/N=C/c2ccc(OC(=O)c3ccccc3Br)c(OC)c2)c1. The smallest absolute Gasteiger partial charge is 0.344 e. The van der Waals surface area contributed by atoms with Gasteiger partial charge in [-0.1, -0.05) is 12.1 Å². The van der Waals surface area contributed by atoms with Crippen molar-refractivity contribution >= 4 is 45.6 Å². The molecule has 36 heavy (non-hydrogen) atoms. The Balaban J connectivity index is 1.63. The number of carbonyl (C=O) groups is 3. The largest absolute Gasteiger partial charge is 0.497 e. The fourth-order valence-corrected chi connectivity index (χ4v) is 3.38. The summed E-state index contributed by atoms with van der Waals surface area (Å²) in [5.41, 5.74) is 3.28. The van der Waals surface area contributed by atoms with E-state index in [1.54, 1.807) is 48.5 Å². The Labute approximate surface area is 215 Å². The van der Waals surface area contributed by atoms with E-state index in [-0.39, 0.29) is 17.2 Å². The van der Waals surface area contributed by atoms with E-state index in [0.717, 1.165) is 0 Å². The lowest BCUT2D eigenvalue weighted by Gasteiger charge is -2.11. The first-order valence-corrected chi connectivity index (χ1v) is 11.2. The lowest BCUT2D eigenvalue weighted by atomic mass is 10.2. The van der Waals surface area contributed by atoms with Crippen molar-refractivity contribution in [1.82, 2.24) is 5.43 Å². The van der Waals surface area contributed by atoms with E-state index in [1.807, 2.05) is 0 Å². The highest BCUT2D eigenvalue weighted by molar-refractivity contribution is 9.10. The highest BCUT2D eigenvalue weighted by Gasteiger charge is 2.17. The Bertz CT molecular complexity index is 1310. The van der Waals surface area contributed by atoms with Crippen molar-refractivity contribution in [2.24, 2.45) is 5.10 Å². The van der Waals surface area contributed by atoms with Crippen molar-refractivity contribution < 1.29 is 33.3 Å². The number of ether oxygens (including phenoxy) is 4. The molecule has 0 aromatic heterocycles. The van der Waals surface area contributed by atoms with Gasteiger partial charge < -0.3 is 24.3 Å². The molecule has 0 radical (unpaired) electrons. The van der Waals surface area contributed by atoms with Gasteiger partial charge in [0.2, 0.25) is 0 Å². The number of amides is 2. The molecule has 0 saturated carbocycles. The molecule has 0 fully saturated rings. The lowest BCUT2D eigenvalue weighted by molar-refractivity contribution is -0.136. The summed E-state index contributed by atoms with van der Waals surface area (Å²) in [6.07, 6.45) is 1.30. The first kappa shape index (κ1) is 26.2. The number of hydrazone groups is 1. The van der Waals surface area contributed by atoms with Crippen LogP contribution < -0.4 is 29.7 Å². The molecule has 0 saturated heterocycles. The number of benzene rings is 3. The van der Waals surface area contributed by atoms with E-state index < -0.39 is 17.8 Å². The first-order chi connectivity index (χ1) is 17.4. The Kier molecular flexibility index (Phi) is 9.01. The lowest BCUT2D eigenvalue weighted by Crippen LogP contribution is -2.32. The van der Waals surface area contributed by atoms with Gasteiger partial charge in [0.1, 0.15) is 11.5 Å². The van der Waals surface area contributed by atoms with Gasteiger partial charge in [0, 0.05) is 10.5 Å². The van der Waals surface area contributed by atoms with Gasteiger partial charge >= 0.3 is 17.8 Å². The summed E-state index contributed by atoms with van der Waals surface area (Å²) >= 11 is 3.32. The number of esters is 1. The number of hydrogen-bond acceptors (Lipinski definition) is 8. The zero-order chi connectivity index (χ0) is 26.1. The van der Waals surface area contributed by atoms with Gasteiger partial charge in [0.15, 0.2) is 11.5 Å². The van der Waals surface area contributed by atoms with Gasteiger partial charge in [-0.05, 0) is 64.0 Å². The Morgan fingerprint density at radius 3 is 2.25 bits per heavy atom. The van der Waals surface area contributed by atoms with E-state index in [2.05, 4.69) is 31.8 Å². The molecular weight excluding hydrogens is 534 g/mol. The monoisotopic (exact) mass is 555 g/mol. The molecule has 0 spiro atoms. The molecule has 0 unspecified atom stereocenters. The number of rotatable bonds is 8. The molecule has 3 aromatic carbocycles. The molecule has 0 aliphatic heterocycles. The van der Waals surface area contributed by atoms with E-state index >= 15 is 0 Å². The number of nitrogens with one attached hydrogen (secondary N) is 2. The summed E-state index contributed by atoms with van der Waals surface area (Å²) in [6.45, 7) is 0. The van der Waals surface area contributed by atoms with Gasteiger partial charge in [0.25, 0.3) is 0 Å². The summed E-state index contributed by atoms with van der Waals surface area (Å²) in [4.78, 5) is 36.9. The molecule has 0 bridgehead atoms. The maximum atomic E-state index is 12.5. The van der Waals surface area contributed by atoms with Crippen LogP contribution in [-0.4, -0.2) is 45.3 Å². The standard InChI is InChI=1S/C25H22BrN3O7/c1-33-16-9-11-20(34-2)19(13-16)28-23(30)24(31)29-27-14-15-8-10-21(22(12-15)35-3)36-25(32)17-6-4-5-7-18(17)26/h4-14H,1-3H3,(H,28,30)(H,29,31)/b27-14+. The minimum atomic E-state index is -0.998. The van der Waals surface area contributed by atoms with Crippen molar-refractivity contribution in [3.63, 3.8) is 0 Å². The minimum Gasteiger partial charge on any atom is -0.497 e. The van der Waals surface area contributed by atoms with E-state index in [9.17, 15) is 14.4 Å². The number of anilines is 1. The first-order valence-electron chi connectivity index (χ1n) is 10.4. The van der Waals surface area contributed by atoms with Crippen molar-refractivity contribution in [2.45, 2.75) is 0 Å². The molecule has 3 aromatic rings. The quantitative estimate of drug-likeness (QED) is 0.142. The normalized spacial score (nSPS) is 10.4. The molecule has 0 aliphatic rings. The van der Waals surface area contributed by atoms with Gasteiger partial charge in [-0.3, -0.25) is 9.59 Å². The predicted octanol–water partition coefficient (Wildman–Crippen LogP) is 3.78. The summed E-state index contributed by atoms with van der Waals surface area (Å²) in [5, 5.41) is 6.24. The second-order valence-corrected chi connectivity index (χ2v) is 7.85. The Hall–Kier alpha value is -4.38. The predicted molar refractivity (Wildman–Crippen MR) is 136 cm³/mol. The Morgan fingerprint density at radius 2 is 1.56 bits per heavy atom. The summed E-state index contributed by atoms with van der Waals surface area (Å²) in [7, 11) is 4.33. The van der Waals surface area contributed by atoms with E-state index in [0.29, 0.717) is 27.1 Å². The highest BCUT2D eigenvalue weighted by Crippen LogP contribution is 2.30. The fraction of sp³-hybridized carbons (Fsp3) is 0.120. The van der Waals surface area contributed by atoms with Crippen molar-refractivity contribution in [1.29, 1.82) is 0 Å². The van der Waals surface area contributed by atoms with Crippen LogP contribution in [0.4, 0.5) is 5.69 Å². The molecule has 0 atom stereocenters. The number of methoxy groups -OCH3 is 3. The van der Waals surface area contributed by atoms with Crippen LogP contribution in [0.15, 0.2) is 70.2 Å². The third-order valence-corrected chi connectivity index (χ3v) is 5.42. The van der Waals surface area contributed by atoms with Crippen LogP contribution in [0.5, 0.6) is 23.0 Å². The van der Waals surface area contributed by atoms with E-state index in [1.165, 1.54) is 39.7 Å². The zero-order valence-electron chi connectivity index (χ0n) is 19.5. The molecule has 2 amide bonds. The fourth-order valence-electron chi connectivity index (χ4n) is 2.94. The zero-order valence-corrected chi connectivity index (χ0v) is 21.1. The second kappa shape index (κ2) is 12.4. The minimum absolute atomic E-state index is 0.200. The van der Waals surface area contributed by atoms with E-state index in [4.69, 9.17) is 18.9 Å². The second-order valence-electron chi connectivity index (χ2n) is 7.00. The average molecular weight is 556 g/mol. The Morgan fingerprint density at radius 1 is 0.833 bits per heavy atom. The molecular formula is C25H22BrN3O7. The summed E-state index contributed by atoms with van der Waals surface area (Å²) in [6, 6.07) is 16.3. The van der Waals surface area contributed by atoms with Gasteiger partial charge in [0.05, 0.1) is 38.8 Å². The van der Waals surface area contributed by atoms with Crippen LogP contribution in [0.1, 0.15) is 15.9 Å². The summed E-state index contributed by atoms with van der Waals surface area (Å²) < 4.78 is 21.6. The van der Waals surface area contributed by atoms with Crippen LogP contribution in [-0.2, 0) is 9.59 Å². The topological polar surface area (TPSA) is 125 Å². The molecule has 2 N–H and O–H groups in total. The van der Waals surface area contributed by atoms with Crippen LogP contribution in [0.3, 0.4) is 0 Å². The number of hydrogen-bond donors (Lipinski definition) is 2. The van der Waals surface area contributed by atoms with Crippen molar-refractivity contribution in [3.8, 4) is 23.0 Å². The van der Waals surface area contributed by atoms with Crippen LogP contribution >= 0.6 is 15.9 Å². The molecule has 0 heterocycles. The third kappa shape index (κ3) is 6.60. The highest BCUT2D eigenvalue weighted by atomic mass is 79.9. The molecule has 0 aliphatic carbocycles. The average Bonchev–Trinajstić information content (AvgIpc) is 2.89. The van der Waals surface area contributed by atoms with Gasteiger partial charge in [-0.2, -0.15) is 5.10 Å². The maximum absolute atomic E-state index is 12.5. The van der Waals surface area contributed by atoms with Crippen LogP contribution in [0.25, 0.3) is 0 Å². The van der Waals surface area contributed by atoms with Gasteiger partial charge in [-0.25, -0.2) is 10.2 Å². The van der Waals surface area contributed by atoms with Crippen LogP contribution in [0.2, 0.25) is 0 Å².